The maximum atomic E-state index is 14.9. The zero-order valence-corrected chi connectivity index (χ0v) is 14.9. The van der Waals surface area contributed by atoms with Gasteiger partial charge < -0.3 is 14.2 Å². The number of nitro groups is 1. The van der Waals surface area contributed by atoms with E-state index in [1.165, 1.54) is 6.07 Å². The number of para-hydroxylation sites is 2. The molecule has 0 atom stereocenters. The highest BCUT2D eigenvalue weighted by Gasteiger charge is 2.53. The maximum absolute atomic E-state index is 14.9. The van der Waals surface area contributed by atoms with Gasteiger partial charge in [-0.05, 0) is 45.8 Å². The summed E-state index contributed by atoms with van der Waals surface area (Å²) in [5, 5.41) is 11.2. The van der Waals surface area contributed by atoms with Crippen molar-refractivity contribution in [2.75, 3.05) is 18.0 Å². The van der Waals surface area contributed by atoms with E-state index in [1.807, 2.05) is 32.6 Å². The molecule has 2 aliphatic rings. The Morgan fingerprint density at radius 2 is 1.84 bits per heavy atom. The number of halogens is 1. The molecule has 2 heterocycles. The van der Waals surface area contributed by atoms with Crippen molar-refractivity contribution >= 4 is 18.5 Å². The molecule has 0 aromatic heterocycles. The van der Waals surface area contributed by atoms with Gasteiger partial charge in [0.15, 0.2) is 0 Å². The molecule has 0 spiro atoms. The average molecular weight is 348 g/mol. The van der Waals surface area contributed by atoms with E-state index < -0.39 is 29.0 Å². The van der Waals surface area contributed by atoms with Crippen LogP contribution in [0.5, 0.6) is 0 Å². The topological polar surface area (TPSA) is 64.8 Å². The molecule has 2 saturated heterocycles. The highest BCUT2D eigenvalue weighted by molar-refractivity contribution is 6.53. The van der Waals surface area contributed by atoms with Gasteiger partial charge in [0.1, 0.15) is 11.4 Å². The van der Waals surface area contributed by atoms with Crippen LogP contribution >= 0.6 is 0 Å². The van der Waals surface area contributed by atoms with Gasteiger partial charge in [-0.1, -0.05) is 12.1 Å². The van der Waals surface area contributed by atoms with E-state index in [0.717, 1.165) is 0 Å². The van der Waals surface area contributed by atoms with Crippen molar-refractivity contribution in [2.24, 2.45) is 0 Å². The first-order valence-corrected chi connectivity index (χ1v) is 8.34. The maximum Gasteiger partial charge on any atom is 0.525 e. The van der Waals surface area contributed by atoms with E-state index in [2.05, 4.69) is 0 Å². The predicted octanol–water partition coefficient (Wildman–Crippen LogP) is 3.66. The van der Waals surface area contributed by atoms with Crippen LogP contribution in [0.25, 0.3) is 0 Å². The Kier molecular flexibility index (Phi) is 4.37. The van der Waals surface area contributed by atoms with Gasteiger partial charge in [0, 0.05) is 19.2 Å². The summed E-state index contributed by atoms with van der Waals surface area (Å²) in [6.45, 7) is 8.31. The van der Waals surface area contributed by atoms with Crippen molar-refractivity contribution in [3.63, 3.8) is 0 Å². The largest absolute Gasteiger partial charge is 0.525 e. The number of hydrogen-bond acceptors (Lipinski definition) is 5. The van der Waals surface area contributed by atoms with Gasteiger partial charge in [0.25, 0.3) is 5.69 Å². The lowest BCUT2D eigenvalue weighted by atomic mass is 9.84. The van der Waals surface area contributed by atoms with Crippen LogP contribution in [0.15, 0.2) is 35.6 Å². The number of hydrogen-bond donors (Lipinski definition) is 0. The number of benzene rings is 1. The Labute approximate surface area is 146 Å². The molecule has 134 valence electrons. The van der Waals surface area contributed by atoms with Gasteiger partial charge in [0.05, 0.1) is 16.1 Å². The molecule has 2 fully saturated rings. The highest BCUT2D eigenvalue weighted by atomic mass is 19.1. The molecule has 0 unspecified atom stereocenters. The van der Waals surface area contributed by atoms with E-state index >= 15 is 0 Å². The minimum Gasteiger partial charge on any atom is -0.398 e. The van der Waals surface area contributed by atoms with Crippen molar-refractivity contribution in [3.8, 4) is 0 Å². The normalized spacial score (nSPS) is 23.9. The first-order valence-electron chi connectivity index (χ1n) is 8.34. The molecule has 0 bridgehead atoms. The lowest BCUT2D eigenvalue weighted by Crippen LogP contribution is -2.41. The molecule has 0 amide bonds. The molecular weight excluding hydrogens is 326 g/mol. The smallest absolute Gasteiger partial charge is 0.398 e. The summed E-state index contributed by atoms with van der Waals surface area (Å²) in [7, 11) is -1.02. The van der Waals surface area contributed by atoms with E-state index in [-0.39, 0.29) is 5.69 Å². The quantitative estimate of drug-likeness (QED) is 0.474. The molecular formula is C17H22BFN2O4. The fourth-order valence-corrected chi connectivity index (χ4v) is 3.06. The lowest BCUT2D eigenvalue weighted by molar-refractivity contribution is -0.384. The Balaban J connectivity index is 1.81. The first-order chi connectivity index (χ1) is 11.6. The van der Waals surface area contributed by atoms with Crippen molar-refractivity contribution in [2.45, 2.75) is 45.3 Å². The van der Waals surface area contributed by atoms with Crippen LogP contribution in [0.4, 0.5) is 15.8 Å². The molecule has 2 aliphatic heterocycles. The monoisotopic (exact) mass is 348 g/mol. The summed E-state index contributed by atoms with van der Waals surface area (Å²) >= 11 is 0. The standard InChI is InChI=1S/C17H22BFN2O4/c1-16(2)17(3,4)25-18(24-16)15(19)12-9-10-20(11-12)13-7-5-6-8-14(13)21(22)23/h5-8H,9-11H2,1-4H3. The Morgan fingerprint density at radius 3 is 2.44 bits per heavy atom. The van der Waals surface area contributed by atoms with Gasteiger partial charge in [-0.15, -0.1) is 0 Å². The highest BCUT2D eigenvalue weighted by Crippen LogP contribution is 2.40. The van der Waals surface area contributed by atoms with Crippen LogP contribution in [-0.4, -0.2) is 36.3 Å². The summed E-state index contributed by atoms with van der Waals surface area (Å²) in [5.41, 5.74) is -0.529. The minimum atomic E-state index is -1.02. The third-order valence-electron chi connectivity index (χ3n) is 5.28. The predicted molar refractivity (Wildman–Crippen MR) is 94.1 cm³/mol. The molecule has 8 heteroatoms. The molecule has 25 heavy (non-hydrogen) atoms. The number of rotatable bonds is 3. The second kappa shape index (κ2) is 6.11. The zero-order valence-electron chi connectivity index (χ0n) is 14.9. The third kappa shape index (κ3) is 3.16. The summed E-state index contributed by atoms with van der Waals surface area (Å²) < 4.78 is 26.4. The third-order valence-corrected chi connectivity index (χ3v) is 5.28. The van der Waals surface area contributed by atoms with Crippen LogP contribution in [0, 0.1) is 10.1 Å². The van der Waals surface area contributed by atoms with Gasteiger partial charge in [0.2, 0.25) is 0 Å². The van der Waals surface area contributed by atoms with Crippen LogP contribution in [0.1, 0.15) is 34.1 Å². The molecule has 6 nitrogen and oxygen atoms in total. The van der Waals surface area contributed by atoms with Gasteiger partial charge in [-0.3, -0.25) is 10.1 Å². The van der Waals surface area contributed by atoms with Crippen molar-refractivity contribution in [1.29, 1.82) is 0 Å². The second-order valence-electron chi connectivity index (χ2n) is 7.46. The van der Waals surface area contributed by atoms with Gasteiger partial charge >= 0.3 is 7.12 Å². The number of nitrogens with zero attached hydrogens (tertiary/aromatic N) is 2. The SMILES string of the molecule is CC1(C)OB(C(F)=C2CCN(c3ccccc3[N+](=O)[O-])C2)OC1(C)C. The lowest BCUT2D eigenvalue weighted by Gasteiger charge is -2.32. The zero-order chi connectivity index (χ0) is 18.4. The van der Waals surface area contributed by atoms with Crippen molar-refractivity contribution < 1.29 is 18.6 Å². The fraction of sp³-hybridized carbons (Fsp3) is 0.529. The fourth-order valence-electron chi connectivity index (χ4n) is 3.06. The summed E-state index contributed by atoms with van der Waals surface area (Å²) in [5.74, 6) is 0. The summed E-state index contributed by atoms with van der Waals surface area (Å²) in [6.07, 6.45) is 0.488. The molecule has 1 aromatic carbocycles. The van der Waals surface area contributed by atoms with Crippen LogP contribution in [0.3, 0.4) is 0 Å². The molecule has 1 aromatic rings. The van der Waals surface area contributed by atoms with Crippen LogP contribution in [0.2, 0.25) is 0 Å². The average Bonchev–Trinajstić information content (AvgIpc) is 3.09. The van der Waals surface area contributed by atoms with Gasteiger partial charge in [-0.25, -0.2) is 4.39 Å². The summed E-state index contributed by atoms with van der Waals surface area (Å²) in [4.78, 5) is 12.6. The first kappa shape index (κ1) is 17.9. The molecule has 0 radical (unpaired) electrons. The number of anilines is 1. The molecule has 0 N–H and O–H groups in total. The number of nitro benzene ring substituents is 1. The second-order valence-corrected chi connectivity index (χ2v) is 7.46. The molecule has 0 saturated carbocycles. The molecule has 0 aliphatic carbocycles. The van der Waals surface area contributed by atoms with Crippen LogP contribution in [-0.2, 0) is 9.31 Å². The van der Waals surface area contributed by atoms with Crippen molar-refractivity contribution in [3.05, 3.63) is 45.7 Å². The Morgan fingerprint density at radius 1 is 1.24 bits per heavy atom. The minimum absolute atomic E-state index is 0.0276. The van der Waals surface area contributed by atoms with Gasteiger partial charge in [-0.2, -0.15) is 0 Å². The van der Waals surface area contributed by atoms with E-state index in [4.69, 9.17) is 9.31 Å². The Hall–Kier alpha value is -1.93. The van der Waals surface area contributed by atoms with Crippen molar-refractivity contribution in [1.82, 2.24) is 0 Å². The van der Waals surface area contributed by atoms with E-state index in [0.29, 0.717) is 30.8 Å². The van der Waals surface area contributed by atoms with E-state index in [9.17, 15) is 14.5 Å². The van der Waals surface area contributed by atoms with Crippen LogP contribution < -0.4 is 4.90 Å². The van der Waals surface area contributed by atoms with E-state index in [1.54, 1.807) is 18.2 Å². The molecule has 3 rings (SSSR count). The Bertz CT molecular complexity index is 719. The summed E-state index contributed by atoms with van der Waals surface area (Å²) in [6, 6.07) is 6.52.